The Hall–Kier alpha value is -2.95. The van der Waals surface area contributed by atoms with Crippen LogP contribution >= 0.6 is 23.2 Å². The quantitative estimate of drug-likeness (QED) is 0.424. The van der Waals surface area contributed by atoms with Crippen LogP contribution in [0.15, 0.2) is 60.4 Å². The highest BCUT2D eigenvalue weighted by Crippen LogP contribution is 2.38. The predicted octanol–water partition coefficient (Wildman–Crippen LogP) is 6.51. The van der Waals surface area contributed by atoms with E-state index in [1.807, 2.05) is 43.3 Å². The standard InChI is InChI=1S/C24H18Cl2O4/c1-14-9-17(29-13-15-7-8-18(25)19(26)10-15)12-21-23(14)24(27)22(30-21)11-16-5-3-4-6-20(16)28-2/h3-12H,13H2,1-2H3/b22-11-. The average Bonchev–Trinajstić information content (AvgIpc) is 3.05. The van der Waals surface area contributed by atoms with Gasteiger partial charge in [-0.2, -0.15) is 0 Å². The monoisotopic (exact) mass is 440 g/mol. The number of ketones is 1. The fourth-order valence-electron chi connectivity index (χ4n) is 3.28. The van der Waals surface area contributed by atoms with E-state index in [1.54, 1.807) is 31.4 Å². The summed E-state index contributed by atoms with van der Waals surface area (Å²) in [6.45, 7) is 2.17. The fourth-order valence-corrected chi connectivity index (χ4v) is 3.60. The zero-order valence-electron chi connectivity index (χ0n) is 16.4. The van der Waals surface area contributed by atoms with Gasteiger partial charge in [0.1, 0.15) is 23.9 Å². The first-order valence-electron chi connectivity index (χ1n) is 9.25. The van der Waals surface area contributed by atoms with Crippen molar-refractivity contribution in [1.82, 2.24) is 0 Å². The zero-order chi connectivity index (χ0) is 21.3. The van der Waals surface area contributed by atoms with Crippen molar-refractivity contribution in [3.63, 3.8) is 0 Å². The van der Waals surface area contributed by atoms with Crippen LogP contribution in [0.5, 0.6) is 17.2 Å². The molecule has 1 aliphatic heterocycles. The predicted molar refractivity (Wildman–Crippen MR) is 118 cm³/mol. The Morgan fingerprint density at radius 2 is 1.83 bits per heavy atom. The summed E-state index contributed by atoms with van der Waals surface area (Å²) in [5.41, 5.74) is 2.98. The van der Waals surface area contributed by atoms with Crippen LogP contribution in [0.4, 0.5) is 0 Å². The second-order valence-electron chi connectivity index (χ2n) is 6.83. The minimum absolute atomic E-state index is 0.163. The first kappa shape index (κ1) is 20.3. The minimum Gasteiger partial charge on any atom is -0.496 e. The van der Waals surface area contributed by atoms with E-state index < -0.39 is 0 Å². The summed E-state index contributed by atoms with van der Waals surface area (Å²) in [6, 6.07) is 16.3. The molecule has 4 nitrogen and oxygen atoms in total. The molecule has 152 valence electrons. The molecule has 3 aromatic carbocycles. The van der Waals surface area contributed by atoms with Crippen molar-refractivity contribution in [3.8, 4) is 17.2 Å². The maximum atomic E-state index is 12.9. The third kappa shape index (κ3) is 4.02. The molecule has 0 spiro atoms. The molecular formula is C24H18Cl2O4. The van der Waals surface area contributed by atoms with Crippen molar-refractivity contribution < 1.29 is 19.0 Å². The molecule has 6 heteroatoms. The van der Waals surface area contributed by atoms with Crippen LogP contribution < -0.4 is 14.2 Å². The summed E-state index contributed by atoms with van der Waals surface area (Å²) in [5.74, 6) is 1.83. The summed E-state index contributed by atoms with van der Waals surface area (Å²) in [7, 11) is 1.59. The summed E-state index contributed by atoms with van der Waals surface area (Å²) >= 11 is 12.0. The number of para-hydroxylation sites is 1. The molecule has 0 amide bonds. The molecule has 0 saturated carbocycles. The van der Waals surface area contributed by atoms with Gasteiger partial charge >= 0.3 is 0 Å². The number of hydrogen-bond acceptors (Lipinski definition) is 4. The van der Waals surface area contributed by atoms with Gasteiger partial charge in [0.2, 0.25) is 5.78 Å². The molecule has 4 rings (SSSR count). The van der Waals surface area contributed by atoms with Crippen LogP contribution in [-0.2, 0) is 6.61 Å². The van der Waals surface area contributed by atoms with Crippen LogP contribution in [0, 0.1) is 6.92 Å². The molecule has 0 saturated heterocycles. The molecular weight excluding hydrogens is 423 g/mol. The number of rotatable bonds is 5. The molecule has 0 aliphatic carbocycles. The Balaban J connectivity index is 1.58. The minimum atomic E-state index is -0.163. The number of aryl methyl sites for hydroxylation is 1. The second kappa shape index (κ2) is 8.42. The SMILES string of the molecule is COc1ccccc1/C=C1\Oc2cc(OCc3ccc(Cl)c(Cl)c3)cc(C)c2C1=O. The topological polar surface area (TPSA) is 44.8 Å². The lowest BCUT2D eigenvalue weighted by Gasteiger charge is -2.10. The van der Waals surface area contributed by atoms with Gasteiger partial charge in [-0.15, -0.1) is 0 Å². The summed E-state index contributed by atoms with van der Waals surface area (Å²) in [6.07, 6.45) is 1.69. The van der Waals surface area contributed by atoms with E-state index in [1.165, 1.54) is 0 Å². The number of halogens is 2. The molecule has 0 atom stereocenters. The first-order valence-corrected chi connectivity index (χ1v) is 10.0. The van der Waals surface area contributed by atoms with E-state index in [4.69, 9.17) is 37.4 Å². The van der Waals surface area contributed by atoms with Crippen molar-refractivity contribution >= 4 is 35.1 Å². The summed E-state index contributed by atoms with van der Waals surface area (Å²) in [5, 5.41) is 0.970. The average molecular weight is 441 g/mol. The van der Waals surface area contributed by atoms with Gasteiger partial charge in [0, 0.05) is 11.6 Å². The largest absolute Gasteiger partial charge is 0.496 e. The lowest BCUT2D eigenvalue weighted by atomic mass is 10.0. The third-order valence-corrected chi connectivity index (χ3v) is 5.50. The highest BCUT2D eigenvalue weighted by Gasteiger charge is 2.30. The number of fused-ring (bicyclic) bond motifs is 1. The van der Waals surface area contributed by atoms with Gasteiger partial charge in [-0.1, -0.05) is 47.5 Å². The van der Waals surface area contributed by atoms with Crippen molar-refractivity contribution in [2.45, 2.75) is 13.5 Å². The Morgan fingerprint density at radius 3 is 2.60 bits per heavy atom. The number of Topliss-reactive ketones (excluding diaryl/α,β-unsaturated/α-hetero) is 1. The second-order valence-corrected chi connectivity index (χ2v) is 7.65. The summed E-state index contributed by atoms with van der Waals surface area (Å²) < 4.78 is 17.1. The first-order chi connectivity index (χ1) is 14.5. The number of benzene rings is 3. The maximum Gasteiger partial charge on any atom is 0.232 e. The number of hydrogen-bond donors (Lipinski definition) is 0. The molecule has 0 radical (unpaired) electrons. The smallest absolute Gasteiger partial charge is 0.232 e. The Bertz CT molecular complexity index is 1170. The molecule has 0 N–H and O–H groups in total. The maximum absolute atomic E-state index is 12.9. The van der Waals surface area contributed by atoms with Crippen molar-refractivity contribution in [3.05, 3.63) is 92.7 Å². The van der Waals surface area contributed by atoms with E-state index in [0.29, 0.717) is 39.5 Å². The van der Waals surface area contributed by atoms with Crippen LogP contribution in [0.25, 0.3) is 6.08 Å². The van der Waals surface area contributed by atoms with Crippen LogP contribution in [-0.4, -0.2) is 12.9 Å². The molecule has 0 aromatic heterocycles. The zero-order valence-corrected chi connectivity index (χ0v) is 17.9. The van der Waals surface area contributed by atoms with Gasteiger partial charge in [0.15, 0.2) is 5.76 Å². The Kier molecular flexibility index (Phi) is 5.71. The van der Waals surface area contributed by atoms with Gasteiger partial charge in [0.25, 0.3) is 0 Å². The van der Waals surface area contributed by atoms with Crippen LogP contribution in [0.1, 0.15) is 27.0 Å². The van der Waals surface area contributed by atoms with E-state index >= 15 is 0 Å². The number of carbonyl (C=O) groups excluding carboxylic acids is 1. The van der Waals surface area contributed by atoms with Crippen molar-refractivity contribution in [2.24, 2.45) is 0 Å². The van der Waals surface area contributed by atoms with Crippen molar-refractivity contribution in [2.75, 3.05) is 7.11 Å². The van der Waals surface area contributed by atoms with Crippen molar-refractivity contribution in [1.29, 1.82) is 0 Å². The van der Waals surface area contributed by atoms with E-state index in [-0.39, 0.29) is 11.5 Å². The molecule has 1 heterocycles. The van der Waals surface area contributed by atoms with E-state index in [2.05, 4.69) is 0 Å². The van der Waals surface area contributed by atoms with Gasteiger partial charge in [-0.05, 0) is 48.4 Å². The van der Waals surface area contributed by atoms with Crippen LogP contribution in [0.2, 0.25) is 10.0 Å². The highest BCUT2D eigenvalue weighted by molar-refractivity contribution is 6.42. The third-order valence-electron chi connectivity index (χ3n) is 4.76. The van der Waals surface area contributed by atoms with E-state index in [0.717, 1.165) is 16.7 Å². The van der Waals surface area contributed by atoms with Gasteiger partial charge in [-0.25, -0.2) is 0 Å². The van der Waals surface area contributed by atoms with E-state index in [9.17, 15) is 4.79 Å². The molecule has 0 unspecified atom stereocenters. The molecule has 0 fully saturated rings. The number of methoxy groups -OCH3 is 1. The fraction of sp³-hybridized carbons (Fsp3) is 0.125. The number of ether oxygens (including phenoxy) is 3. The van der Waals surface area contributed by atoms with Gasteiger partial charge in [0.05, 0.1) is 22.7 Å². The Labute approximate surface area is 184 Å². The lowest BCUT2D eigenvalue weighted by Crippen LogP contribution is -2.00. The normalized spacial score (nSPS) is 13.9. The molecule has 0 bridgehead atoms. The number of allylic oxidation sites excluding steroid dienone is 1. The molecule has 1 aliphatic rings. The molecule has 3 aromatic rings. The number of carbonyl (C=O) groups is 1. The Morgan fingerprint density at radius 1 is 1.03 bits per heavy atom. The molecule has 30 heavy (non-hydrogen) atoms. The van der Waals surface area contributed by atoms with Gasteiger partial charge in [-0.3, -0.25) is 4.79 Å². The van der Waals surface area contributed by atoms with Crippen LogP contribution in [0.3, 0.4) is 0 Å². The van der Waals surface area contributed by atoms with Gasteiger partial charge < -0.3 is 14.2 Å². The lowest BCUT2D eigenvalue weighted by molar-refractivity contribution is 0.101. The highest BCUT2D eigenvalue weighted by atomic mass is 35.5. The summed E-state index contributed by atoms with van der Waals surface area (Å²) in [4.78, 5) is 12.9.